The Kier molecular flexibility index (Phi) is 4.68. The fourth-order valence-corrected chi connectivity index (χ4v) is 2.92. The van der Waals surface area contributed by atoms with Gasteiger partial charge in [0.05, 0.1) is 0 Å². The third kappa shape index (κ3) is 3.28. The Labute approximate surface area is 115 Å². The summed E-state index contributed by atoms with van der Waals surface area (Å²) in [7, 11) is 0. The quantitative estimate of drug-likeness (QED) is 0.491. The number of carbonyl (C=O) groups is 1. The molecule has 0 radical (unpaired) electrons. The number of nitrogens with two attached hydrogens (primary N) is 1. The van der Waals surface area contributed by atoms with Gasteiger partial charge in [0.15, 0.2) is 0 Å². The van der Waals surface area contributed by atoms with Gasteiger partial charge in [-0.25, -0.2) is 10.8 Å². The van der Waals surface area contributed by atoms with E-state index in [4.69, 9.17) is 17.4 Å². The number of hydrazine groups is 1. The largest absolute Gasteiger partial charge is 0.338 e. The first-order valence-corrected chi connectivity index (χ1v) is 7.25. The van der Waals surface area contributed by atoms with Gasteiger partial charge in [-0.05, 0) is 24.3 Å². The number of hydrogen-bond acceptors (Lipinski definition) is 5. The number of hydrogen-bond donors (Lipinski definition) is 2. The Bertz CT molecular complexity index is 435. The van der Waals surface area contributed by atoms with Crippen LogP contribution in [0.2, 0.25) is 5.15 Å². The van der Waals surface area contributed by atoms with Crippen LogP contribution in [0.1, 0.15) is 16.8 Å². The maximum Gasteiger partial charge on any atom is 0.254 e. The molecule has 1 aliphatic rings. The van der Waals surface area contributed by atoms with Crippen LogP contribution < -0.4 is 11.3 Å². The SMILES string of the molecule is NNc1cc(C(=O)N2CCCSCC2)cc(Cl)n1. The van der Waals surface area contributed by atoms with E-state index >= 15 is 0 Å². The third-order valence-corrected chi connectivity index (χ3v) is 3.94. The third-order valence-electron chi connectivity index (χ3n) is 2.70. The molecule has 0 atom stereocenters. The molecule has 0 spiro atoms. The first-order chi connectivity index (χ1) is 8.70. The maximum atomic E-state index is 12.3. The molecule has 98 valence electrons. The topological polar surface area (TPSA) is 71.2 Å². The second kappa shape index (κ2) is 6.26. The lowest BCUT2D eigenvalue weighted by Gasteiger charge is -2.20. The van der Waals surface area contributed by atoms with Crippen molar-refractivity contribution in [3.8, 4) is 0 Å². The highest BCUT2D eigenvalue weighted by Gasteiger charge is 2.18. The lowest BCUT2D eigenvalue weighted by Crippen LogP contribution is -2.33. The second-order valence-electron chi connectivity index (χ2n) is 3.97. The molecule has 2 heterocycles. The van der Waals surface area contributed by atoms with Crippen molar-refractivity contribution in [1.29, 1.82) is 0 Å². The van der Waals surface area contributed by atoms with Gasteiger partial charge < -0.3 is 10.3 Å². The van der Waals surface area contributed by atoms with Crippen molar-refractivity contribution in [2.24, 2.45) is 5.84 Å². The van der Waals surface area contributed by atoms with Gasteiger partial charge in [-0.15, -0.1) is 0 Å². The minimum atomic E-state index is -0.0155. The highest BCUT2D eigenvalue weighted by molar-refractivity contribution is 7.99. The zero-order chi connectivity index (χ0) is 13.0. The lowest BCUT2D eigenvalue weighted by atomic mass is 10.2. The molecule has 7 heteroatoms. The van der Waals surface area contributed by atoms with Crippen molar-refractivity contribution in [3.63, 3.8) is 0 Å². The van der Waals surface area contributed by atoms with E-state index in [1.807, 2.05) is 16.7 Å². The molecule has 1 aliphatic heterocycles. The number of thioether (sulfide) groups is 1. The minimum absolute atomic E-state index is 0.0155. The standard InChI is InChI=1S/C11H15ClN4OS/c12-9-6-8(7-10(14-9)15-13)11(17)16-2-1-4-18-5-3-16/h6-7H,1-5,13H2,(H,14,15). The zero-order valence-electron chi connectivity index (χ0n) is 9.86. The molecule has 0 bridgehead atoms. The molecule has 1 fully saturated rings. The summed E-state index contributed by atoms with van der Waals surface area (Å²) in [5.74, 6) is 7.76. The number of halogens is 1. The van der Waals surface area contributed by atoms with Gasteiger partial charge in [0.1, 0.15) is 11.0 Å². The van der Waals surface area contributed by atoms with Gasteiger partial charge in [0, 0.05) is 24.4 Å². The summed E-state index contributed by atoms with van der Waals surface area (Å²) < 4.78 is 0. The molecule has 0 aliphatic carbocycles. The van der Waals surface area contributed by atoms with Crippen molar-refractivity contribution < 1.29 is 4.79 Å². The molecule has 2 rings (SSSR count). The summed E-state index contributed by atoms with van der Waals surface area (Å²) in [5.41, 5.74) is 2.93. The number of rotatable bonds is 2. The van der Waals surface area contributed by atoms with Crippen LogP contribution in [0.5, 0.6) is 0 Å². The fraction of sp³-hybridized carbons (Fsp3) is 0.455. The predicted octanol–water partition coefficient (Wildman–Crippen LogP) is 1.60. The average Bonchev–Trinajstić information content (AvgIpc) is 2.65. The highest BCUT2D eigenvalue weighted by Crippen LogP contribution is 2.18. The fourth-order valence-electron chi connectivity index (χ4n) is 1.83. The van der Waals surface area contributed by atoms with Crippen LogP contribution in [0.3, 0.4) is 0 Å². The molecular formula is C11H15ClN4OS. The van der Waals surface area contributed by atoms with Gasteiger partial charge >= 0.3 is 0 Å². The number of nitrogens with zero attached hydrogens (tertiary/aromatic N) is 2. The number of pyridine rings is 1. The molecule has 1 aromatic heterocycles. The average molecular weight is 287 g/mol. The van der Waals surface area contributed by atoms with Gasteiger partial charge in [-0.2, -0.15) is 11.8 Å². The summed E-state index contributed by atoms with van der Waals surface area (Å²) in [4.78, 5) is 18.1. The van der Waals surface area contributed by atoms with E-state index in [2.05, 4.69) is 10.4 Å². The number of anilines is 1. The van der Waals surface area contributed by atoms with Crippen LogP contribution >= 0.6 is 23.4 Å². The molecule has 1 saturated heterocycles. The van der Waals surface area contributed by atoms with E-state index in [9.17, 15) is 4.79 Å². The summed E-state index contributed by atoms with van der Waals surface area (Å²) in [6.07, 6.45) is 1.03. The maximum absolute atomic E-state index is 12.3. The zero-order valence-corrected chi connectivity index (χ0v) is 11.4. The van der Waals surface area contributed by atoms with E-state index in [1.165, 1.54) is 0 Å². The lowest BCUT2D eigenvalue weighted by molar-refractivity contribution is 0.0768. The molecule has 0 saturated carbocycles. The molecule has 3 N–H and O–H groups in total. The van der Waals surface area contributed by atoms with Crippen molar-refractivity contribution in [2.75, 3.05) is 30.0 Å². The van der Waals surface area contributed by atoms with E-state index < -0.39 is 0 Å². The summed E-state index contributed by atoms with van der Waals surface area (Å²) in [5, 5.41) is 0.262. The molecule has 5 nitrogen and oxygen atoms in total. The van der Waals surface area contributed by atoms with Gasteiger partial charge in [0.25, 0.3) is 5.91 Å². The number of nitrogen functional groups attached to an aromatic ring is 1. The molecular weight excluding hydrogens is 272 g/mol. The van der Waals surface area contributed by atoms with Crippen LogP contribution in [0.4, 0.5) is 5.82 Å². The Morgan fingerprint density at radius 3 is 3.06 bits per heavy atom. The molecule has 0 unspecified atom stereocenters. The van der Waals surface area contributed by atoms with Crippen molar-refractivity contribution in [1.82, 2.24) is 9.88 Å². The summed E-state index contributed by atoms with van der Waals surface area (Å²) in [6.45, 7) is 1.56. The predicted molar refractivity (Wildman–Crippen MR) is 74.9 cm³/mol. The Balaban J connectivity index is 2.18. The number of amides is 1. The molecule has 0 aromatic carbocycles. The van der Waals surface area contributed by atoms with Crippen LogP contribution in [0, 0.1) is 0 Å². The Morgan fingerprint density at radius 1 is 1.44 bits per heavy atom. The van der Waals surface area contributed by atoms with Gasteiger partial charge in [-0.1, -0.05) is 11.6 Å². The number of carbonyl (C=O) groups excluding carboxylic acids is 1. The van der Waals surface area contributed by atoms with E-state index in [1.54, 1.807) is 12.1 Å². The molecule has 18 heavy (non-hydrogen) atoms. The van der Waals surface area contributed by atoms with Crippen LogP contribution in [-0.4, -0.2) is 40.4 Å². The number of nitrogens with one attached hydrogen (secondary N) is 1. The van der Waals surface area contributed by atoms with Crippen LogP contribution in [-0.2, 0) is 0 Å². The van der Waals surface area contributed by atoms with Crippen molar-refractivity contribution in [3.05, 3.63) is 22.8 Å². The smallest absolute Gasteiger partial charge is 0.254 e. The van der Waals surface area contributed by atoms with Crippen LogP contribution in [0.25, 0.3) is 0 Å². The Hall–Kier alpha value is -0.980. The van der Waals surface area contributed by atoms with Crippen LogP contribution in [0.15, 0.2) is 12.1 Å². The molecule has 1 amide bonds. The first-order valence-electron chi connectivity index (χ1n) is 5.72. The van der Waals surface area contributed by atoms with Gasteiger partial charge in [-0.3, -0.25) is 4.79 Å². The van der Waals surface area contributed by atoms with Crippen molar-refractivity contribution >= 4 is 35.1 Å². The molecule has 1 aromatic rings. The number of aromatic nitrogens is 1. The van der Waals surface area contributed by atoms with E-state index in [0.717, 1.165) is 31.0 Å². The minimum Gasteiger partial charge on any atom is -0.338 e. The van der Waals surface area contributed by atoms with E-state index in [-0.39, 0.29) is 11.1 Å². The van der Waals surface area contributed by atoms with Gasteiger partial charge in [0.2, 0.25) is 0 Å². The summed E-state index contributed by atoms with van der Waals surface area (Å²) >= 11 is 7.74. The second-order valence-corrected chi connectivity index (χ2v) is 5.58. The highest BCUT2D eigenvalue weighted by atomic mass is 35.5. The monoisotopic (exact) mass is 286 g/mol. The first kappa shape index (κ1) is 13.5. The van der Waals surface area contributed by atoms with E-state index in [0.29, 0.717) is 11.4 Å². The summed E-state index contributed by atoms with van der Waals surface area (Å²) in [6, 6.07) is 3.19. The normalized spacial score (nSPS) is 16.2. The van der Waals surface area contributed by atoms with Crippen molar-refractivity contribution in [2.45, 2.75) is 6.42 Å². The Morgan fingerprint density at radius 2 is 2.28 bits per heavy atom.